The molecule has 0 aromatic rings. The molecule has 0 saturated heterocycles. The highest BCUT2D eigenvalue weighted by Crippen LogP contribution is 2.04. The molecule has 1 unspecified atom stereocenters. The molecule has 0 radical (unpaired) electrons. The van der Waals surface area contributed by atoms with Gasteiger partial charge in [0.1, 0.15) is 0 Å². The van der Waals surface area contributed by atoms with Crippen LogP contribution >= 0.6 is 11.8 Å². The van der Waals surface area contributed by atoms with Gasteiger partial charge in [-0.05, 0) is 18.7 Å². The van der Waals surface area contributed by atoms with Crippen LogP contribution in [-0.4, -0.2) is 24.1 Å². The van der Waals surface area contributed by atoms with Gasteiger partial charge in [-0.3, -0.25) is 0 Å². The minimum absolute atomic E-state index is 0.497. The fraction of sp³-hybridized carbons (Fsp3) is 0.778. The second-order valence-electron chi connectivity index (χ2n) is 2.47. The Morgan fingerprint density at radius 1 is 1.55 bits per heavy atom. The first-order valence-corrected chi connectivity index (χ1v) is 5.44. The maximum absolute atomic E-state index is 3.78. The largest absolute Gasteiger partial charge is 0.310 e. The van der Waals surface area contributed by atoms with E-state index in [-0.39, 0.29) is 0 Å². The van der Waals surface area contributed by atoms with Gasteiger partial charge in [0.15, 0.2) is 0 Å². The molecule has 0 aliphatic heterocycles. The van der Waals surface area contributed by atoms with Crippen LogP contribution in [-0.2, 0) is 0 Å². The van der Waals surface area contributed by atoms with Crippen LogP contribution < -0.4 is 5.32 Å². The first-order chi connectivity index (χ1) is 5.35. The van der Waals surface area contributed by atoms with Crippen molar-refractivity contribution in [3.8, 4) is 0 Å². The van der Waals surface area contributed by atoms with Crippen LogP contribution in [0.4, 0.5) is 0 Å². The molecule has 0 aliphatic carbocycles. The molecule has 0 saturated carbocycles. The van der Waals surface area contributed by atoms with E-state index >= 15 is 0 Å². The third kappa shape index (κ3) is 6.45. The molecule has 0 spiro atoms. The van der Waals surface area contributed by atoms with Crippen molar-refractivity contribution in [2.24, 2.45) is 0 Å². The van der Waals surface area contributed by atoms with E-state index in [4.69, 9.17) is 0 Å². The summed E-state index contributed by atoms with van der Waals surface area (Å²) in [6, 6.07) is 0.497. The Labute approximate surface area is 74.6 Å². The number of hydrogen-bond donors (Lipinski definition) is 1. The van der Waals surface area contributed by atoms with Crippen LogP contribution in [0, 0.1) is 0 Å². The Morgan fingerprint density at radius 3 is 2.73 bits per heavy atom. The molecule has 0 fully saturated rings. The maximum Gasteiger partial charge on any atom is 0.0338 e. The van der Waals surface area contributed by atoms with Gasteiger partial charge in [-0.15, -0.1) is 6.58 Å². The first-order valence-electron chi connectivity index (χ1n) is 4.28. The normalized spacial score (nSPS) is 12.9. The molecule has 1 atom stereocenters. The van der Waals surface area contributed by atoms with Gasteiger partial charge in [0.05, 0.1) is 0 Å². The van der Waals surface area contributed by atoms with E-state index in [2.05, 4.69) is 25.7 Å². The molecule has 0 rings (SSSR count). The molecule has 0 amide bonds. The van der Waals surface area contributed by atoms with Crippen LogP contribution in [0.25, 0.3) is 0 Å². The molecular formula is C9H19NS. The smallest absolute Gasteiger partial charge is 0.0338 e. The highest BCUT2D eigenvalue weighted by Gasteiger charge is 1.99. The molecule has 1 N–H and O–H groups in total. The van der Waals surface area contributed by atoms with Gasteiger partial charge in [-0.2, -0.15) is 11.8 Å². The van der Waals surface area contributed by atoms with Crippen molar-refractivity contribution in [1.82, 2.24) is 5.32 Å². The number of hydrogen-bond acceptors (Lipinski definition) is 2. The second kappa shape index (κ2) is 8.15. The summed E-state index contributed by atoms with van der Waals surface area (Å²) in [4.78, 5) is 0. The number of thioether (sulfide) groups is 1. The lowest BCUT2D eigenvalue weighted by Gasteiger charge is -2.11. The Balaban J connectivity index is 3.28. The topological polar surface area (TPSA) is 12.0 Å². The average molecular weight is 173 g/mol. The van der Waals surface area contributed by atoms with Crippen molar-refractivity contribution >= 4 is 11.8 Å². The molecule has 0 aromatic heterocycles. The number of likely N-dealkylation sites (N-methyl/N-ethyl adjacent to an activating group) is 1. The Kier molecular flexibility index (Phi) is 8.19. The van der Waals surface area contributed by atoms with Crippen LogP contribution in [0.1, 0.15) is 20.3 Å². The van der Waals surface area contributed by atoms with Crippen molar-refractivity contribution in [1.29, 1.82) is 0 Å². The highest BCUT2D eigenvalue weighted by atomic mass is 32.2. The quantitative estimate of drug-likeness (QED) is 0.468. The van der Waals surface area contributed by atoms with Crippen molar-refractivity contribution < 1.29 is 0 Å². The minimum Gasteiger partial charge on any atom is -0.310 e. The molecule has 0 bridgehead atoms. The molecule has 2 heteroatoms. The monoisotopic (exact) mass is 173 g/mol. The summed E-state index contributed by atoms with van der Waals surface area (Å²) in [5.74, 6) is 2.42. The summed E-state index contributed by atoms with van der Waals surface area (Å²) in [6.45, 7) is 9.15. The lowest BCUT2D eigenvalue weighted by Crippen LogP contribution is -2.28. The molecule has 0 aliphatic rings. The fourth-order valence-corrected chi connectivity index (χ4v) is 1.79. The second-order valence-corrected chi connectivity index (χ2v) is 3.62. The number of nitrogens with one attached hydrogen (secondary N) is 1. The highest BCUT2D eigenvalue weighted by molar-refractivity contribution is 7.99. The van der Waals surface area contributed by atoms with E-state index in [1.807, 2.05) is 17.8 Å². The van der Waals surface area contributed by atoms with Gasteiger partial charge < -0.3 is 5.32 Å². The summed E-state index contributed by atoms with van der Waals surface area (Å²) >= 11 is 1.99. The van der Waals surface area contributed by atoms with Gasteiger partial charge >= 0.3 is 0 Å². The van der Waals surface area contributed by atoms with Crippen LogP contribution in [0.5, 0.6) is 0 Å². The molecule has 66 valence electrons. The van der Waals surface area contributed by atoms with E-state index in [1.54, 1.807) is 0 Å². The zero-order valence-electron chi connectivity index (χ0n) is 7.60. The molecule has 0 heterocycles. The van der Waals surface area contributed by atoms with Gasteiger partial charge in [-0.1, -0.05) is 19.9 Å². The fourth-order valence-electron chi connectivity index (χ4n) is 0.827. The third-order valence-electron chi connectivity index (χ3n) is 1.40. The van der Waals surface area contributed by atoms with E-state index in [1.165, 1.54) is 12.2 Å². The summed E-state index contributed by atoms with van der Waals surface area (Å²) < 4.78 is 0. The maximum atomic E-state index is 3.78. The minimum atomic E-state index is 0.497. The van der Waals surface area contributed by atoms with Gasteiger partial charge in [0.25, 0.3) is 0 Å². The zero-order chi connectivity index (χ0) is 8.53. The van der Waals surface area contributed by atoms with E-state index < -0.39 is 0 Å². The standard InChI is InChI=1S/C9H19NS/c1-4-7-11-8-9(5-2)10-6-3/h5,9-10H,2,4,6-8H2,1,3H3. The average Bonchev–Trinajstić information content (AvgIpc) is 2.03. The van der Waals surface area contributed by atoms with Crippen LogP contribution in [0.3, 0.4) is 0 Å². The Hall–Kier alpha value is 0.0500. The molecule has 1 nitrogen and oxygen atoms in total. The molecule has 0 aromatic carbocycles. The van der Waals surface area contributed by atoms with Crippen molar-refractivity contribution in [2.45, 2.75) is 26.3 Å². The summed E-state index contributed by atoms with van der Waals surface area (Å²) in [5.41, 5.74) is 0. The van der Waals surface area contributed by atoms with Crippen molar-refractivity contribution in [3.63, 3.8) is 0 Å². The lowest BCUT2D eigenvalue weighted by molar-refractivity contribution is 0.669. The van der Waals surface area contributed by atoms with Gasteiger partial charge in [0.2, 0.25) is 0 Å². The van der Waals surface area contributed by atoms with Gasteiger partial charge in [0, 0.05) is 11.8 Å². The van der Waals surface area contributed by atoms with Crippen LogP contribution in [0.15, 0.2) is 12.7 Å². The first kappa shape index (κ1) is 11.1. The van der Waals surface area contributed by atoms with Crippen molar-refractivity contribution in [2.75, 3.05) is 18.1 Å². The van der Waals surface area contributed by atoms with Crippen molar-refractivity contribution in [3.05, 3.63) is 12.7 Å². The molecule has 11 heavy (non-hydrogen) atoms. The van der Waals surface area contributed by atoms with Gasteiger partial charge in [-0.25, -0.2) is 0 Å². The zero-order valence-corrected chi connectivity index (χ0v) is 8.41. The Morgan fingerprint density at radius 2 is 2.27 bits per heavy atom. The van der Waals surface area contributed by atoms with Crippen LogP contribution in [0.2, 0.25) is 0 Å². The van der Waals surface area contributed by atoms with E-state index in [0.29, 0.717) is 6.04 Å². The summed E-state index contributed by atoms with van der Waals surface area (Å²) in [7, 11) is 0. The number of rotatable bonds is 7. The predicted octanol–water partition coefficient (Wildman–Crippen LogP) is 2.29. The van der Waals surface area contributed by atoms with E-state index in [9.17, 15) is 0 Å². The summed E-state index contributed by atoms with van der Waals surface area (Å²) in [6.07, 6.45) is 3.26. The van der Waals surface area contributed by atoms with E-state index in [0.717, 1.165) is 12.3 Å². The SMILES string of the molecule is C=CC(CSCCC)NCC. The third-order valence-corrected chi connectivity index (χ3v) is 2.69. The predicted molar refractivity (Wildman–Crippen MR) is 55.3 cm³/mol. The Bertz CT molecular complexity index is 93.6. The molecular weight excluding hydrogens is 154 g/mol. The summed E-state index contributed by atoms with van der Waals surface area (Å²) in [5, 5.41) is 3.35. The lowest BCUT2D eigenvalue weighted by atomic mass is 10.3.